The Balaban J connectivity index is 3.22. The largest absolute Gasteiger partial charge is 0.478 e. The first-order valence-electron chi connectivity index (χ1n) is 5.59. The number of halogens is 2. The minimum Gasteiger partial charge on any atom is -0.478 e. The summed E-state index contributed by atoms with van der Waals surface area (Å²) in [6.07, 6.45) is 2.26. The first kappa shape index (κ1) is 14.2. The van der Waals surface area contributed by atoms with Crippen molar-refractivity contribution in [2.45, 2.75) is 13.3 Å². The van der Waals surface area contributed by atoms with Crippen molar-refractivity contribution in [1.29, 1.82) is 0 Å². The number of rotatable bonds is 6. The standard InChI is InChI=1S/C13H15F2NO2/c1-3-5-16(6-4-2)12-10(14)7-9(13(17)18)8-11(12)15/h3,7-8H,1,4-6H2,2H3,(H,17,18). The Kier molecular flexibility index (Phi) is 4.83. The number of hydrogen-bond donors (Lipinski definition) is 1. The van der Waals surface area contributed by atoms with Gasteiger partial charge in [-0.1, -0.05) is 13.0 Å². The van der Waals surface area contributed by atoms with Crippen LogP contribution in [0.15, 0.2) is 24.8 Å². The molecule has 0 atom stereocenters. The molecule has 98 valence electrons. The molecule has 0 aliphatic carbocycles. The summed E-state index contributed by atoms with van der Waals surface area (Å²) >= 11 is 0. The molecule has 0 aliphatic heterocycles. The predicted molar refractivity (Wildman–Crippen MR) is 66.0 cm³/mol. The molecule has 0 saturated heterocycles. The maximum absolute atomic E-state index is 13.8. The van der Waals surface area contributed by atoms with Crippen LogP contribution in [0.5, 0.6) is 0 Å². The highest BCUT2D eigenvalue weighted by atomic mass is 19.1. The van der Waals surface area contributed by atoms with Crippen molar-refractivity contribution in [3.05, 3.63) is 42.0 Å². The van der Waals surface area contributed by atoms with E-state index in [-0.39, 0.29) is 5.69 Å². The highest BCUT2D eigenvalue weighted by Crippen LogP contribution is 2.25. The second-order valence-electron chi connectivity index (χ2n) is 3.83. The third-order valence-corrected chi connectivity index (χ3v) is 2.42. The molecule has 0 heterocycles. The fraction of sp³-hybridized carbons (Fsp3) is 0.308. The Bertz CT molecular complexity index is 437. The van der Waals surface area contributed by atoms with Crippen molar-refractivity contribution in [1.82, 2.24) is 0 Å². The number of hydrogen-bond acceptors (Lipinski definition) is 2. The van der Waals surface area contributed by atoms with Gasteiger partial charge in [-0.05, 0) is 18.6 Å². The average molecular weight is 255 g/mol. The lowest BCUT2D eigenvalue weighted by molar-refractivity contribution is 0.0696. The van der Waals surface area contributed by atoms with Gasteiger partial charge in [-0.15, -0.1) is 6.58 Å². The number of aromatic carboxylic acids is 1. The molecule has 0 saturated carbocycles. The van der Waals surface area contributed by atoms with Crippen molar-refractivity contribution >= 4 is 11.7 Å². The quantitative estimate of drug-likeness (QED) is 0.794. The van der Waals surface area contributed by atoms with Gasteiger partial charge in [0.05, 0.1) is 5.56 Å². The number of benzene rings is 1. The van der Waals surface area contributed by atoms with E-state index in [1.807, 2.05) is 6.92 Å². The first-order valence-corrected chi connectivity index (χ1v) is 5.59. The molecular formula is C13H15F2NO2. The normalized spacial score (nSPS) is 10.2. The molecule has 0 amide bonds. The van der Waals surface area contributed by atoms with Gasteiger partial charge >= 0.3 is 5.97 Å². The molecule has 1 N–H and O–H groups in total. The second kappa shape index (κ2) is 6.14. The van der Waals surface area contributed by atoms with Crippen molar-refractivity contribution in [3.8, 4) is 0 Å². The molecular weight excluding hydrogens is 240 g/mol. The first-order chi connectivity index (χ1) is 8.51. The van der Waals surface area contributed by atoms with Gasteiger partial charge < -0.3 is 10.0 Å². The van der Waals surface area contributed by atoms with E-state index in [2.05, 4.69) is 6.58 Å². The average Bonchev–Trinajstić information content (AvgIpc) is 2.28. The summed E-state index contributed by atoms with van der Waals surface area (Å²) in [6, 6.07) is 1.65. The van der Waals surface area contributed by atoms with Gasteiger partial charge in [-0.25, -0.2) is 13.6 Å². The molecule has 5 heteroatoms. The molecule has 1 rings (SSSR count). The summed E-state index contributed by atoms with van der Waals surface area (Å²) in [7, 11) is 0. The fourth-order valence-electron chi connectivity index (χ4n) is 1.71. The van der Waals surface area contributed by atoms with E-state index in [4.69, 9.17) is 5.11 Å². The van der Waals surface area contributed by atoms with Gasteiger partial charge in [0, 0.05) is 13.1 Å². The molecule has 1 aromatic rings. The molecule has 0 aromatic heterocycles. The Hall–Kier alpha value is -1.91. The lowest BCUT2D eigenvalue weighted by Crippen LogP contribution is -2.26. The minimum absolute atomic E-state index is 0.207. The maximum Gasteiger partial charge on any atom is 0.335 e. The van der Waals surface area contributed by atoms with E-state index < -0.39 is 23.2 Å². The number of nitrogens with zero attached hydrogens (tertiary/aromatic N) is 1. The molecule has 3 nitrogen and oxygen atoms in total. The molecule has 0 radical (unpaired) electrons. The zero-order valence-corrected chi connectivity index (χ0v) is 10.1. The van der Waals surface area contributed by atoms with Gasteiger partial charge in [-0.3, -0.25) is 0 Å². The van der Waals surface area contributed by atoms with Gasteiger partial charge in [-0.2, -0.15) is 0 Å². The zero-order chi connectivity index (χ0) is 13.7. The van der Waals surface area contributed by atoms with Gasteiger partial charge in [0.15, 0.2) is 0 Å². The van der Waals surface area contributed by atoms with E-state index in [1.165, 1.54) is 4.90 Å². The van der Waals surface area contributed by atoms with E-state index in [9.17, 15) is 13.6 Å². The zero-order valence-electron chi connectivity index (χ0n) is 10.1. The monoisotopic (exact) mass is 255 g/mol. The van der Waals surface area contributed by atoms with Crippen molar-refractivity contribution in [2.75, 3.05) is 18.0 Å². The summed E-state index contributed by atoms with van der Waals surface area (Å²) in [4.78, 5) is 12.2. The SMILES string of the molecule is C=CCN(CCC)c1c(F)cc(C(=O)O)cc1F. The van der Waals surface area contributed by atoms with Gasteiger partial charge in [0.25, 0.3) is 0 Å². The Morgan fingerprint density at radius 3 is 2.39 bits per heavy atom. The number of carbonyl (C=O) groups is 1. The molecule has 0 spiro atoms. The van der Waals surface area contributed by atoms with Crippen LogP contribution in [0.1, 0.15) is 23.7 Å². The lowest BCUT2D eigenvalue weighted by atomic mass is 10.1. The van der Waals surface area contributed by atoms with E-state index in [1.54, 1.807) is 6.08 Å². The van der Waals surface area contributed by atoms with Crippen LogP contribution in [0.2, 0.25) is 0 Å². The smallest absolute Gasteiger partial charge is 0.335 e. The van der Waals surface area contributed by atoms with E-state index in [0.717, 1.165) is 12.1 Å². The number of carboxylic acids is 1. The summed E-state index contributed by atoms with van der Waals surface area (Å²) < 4.78 is 27.6. The molecule has 0 unspecified atom stereocenters. The van der Waals surface area contributed by atoms with E-state index >= 15 is 0 Å². The fourth-order valence-corrected chi connectivity index (χ4v) is 1.71. The molecule has 0 fully saturated rings. The van der Waals surface area contributed by atoms with Crippen LogP contribution in [0.25, 0.3) is 0 Å². The predicted octanol–water partition coefficient (Wildman–Crippen LogP) is 3.07. The summed E-state index contributed by atoms with van der Waals surface area (Å²) in [6.45, 7) is 6.18. The van der Waals surface area contributed by atoms with Crippen molar-refractivity contribution in [2.24, 2.45) is 0 Å². The summed E-state index contributed by atoms with van der Waals surface area (Å²) in [5, 5.41) is 8.71. The highest BCUT2D eigenvalue weighted by Gasteiger charge is 2.18. The van der Waals surface area contributed by atoms with Crippen LogP contribution < -0.4 is 4.90 Å². The maximum atomic E-state index is 13.8. The molecule has 0 aliphatic rings. The number of carboxylic acid groups (broad SMARTS) is 1. The van der Waals surface area contributed by atoms with Crippen LogP contribution in [-0.2, 0) is 0 Å². The highest BCUT2D eigenvalue weighted by molar-refractivity contribution is 5.88. The van der Waals surface area contributed by atoms with E-state index in [0.29, 0.717) is 19.5 Å². The van der Waals surface area contributed by atoms with Gasteiger partial charge in [0.1, 0.15) is 17.3 Å². The molecule has 1 aromatic carbocycles. The third kappa shape index (κ3) is 3.06. The third-order valence-electron chi connectivity index (χ3n) is 2.42. The van der Waals surface area contributed by atoms with Crippen LogP contribution in [0, 0.1) is 11.6 Å². The van der Waals surface area contributed by atoms with Crippen molar-refractivity contribution in [3.63, 3.8) is 0 Å². The van der Waals surface area contributed by atoms with Crippen LogP contribution in [-0.4, -0.2) is 24.2 Å². The Labute approximate surface area is 104 Å². The number of anilines is 1. The lowest BCUT2D eigenvalue weighted by Gasteiger charge is -2.23. The summed E-state index contributed by atoms with van der Waals surface area (Å²) in [5.74, 6) is -3.10. The molecule has 0 bridgehead atoms. The topological polar surface area (TPSA) is 40.5 Å². The Morgan fingerprint density at radius 2 is 2.00 bits per heavy atom. The summed E-state index contributed by atoms with van der Waals surface area (Å²) in [5.41, 5.74) is -0.606. The minimum atomic E-state index is -1.36. The second-order valence-corrected chi connectivity index (χ2v) is 3.83. The molecule has 18 heavy (non-hydrogen) atoms. The van der Waals surface area contributed by atoms with Gasteiger partial charge in [0.2, 0.25) is 0 Å². The Morgan fingerprint density at radius 1 is 1.44 bits per heavy atom. The van der Waals surface area contributed by atoms with Crippen LogP contribution >= 0.6 is 0 Å². The van der Waals surface area contributed by atoms with Crippen LogP contribution in [0.3, 0.4) is 0 Å². The van der Waals surface area contributed by atoms with Crippen molar-refractivity contribution < 1.29 is 18.7 Å². The van der Waals surface area contributed by atoms with Crippen LogP contribution in [0.4, 0.5) is 14.5 Å².